The highest BCUT2D eigenvalue weighted by Crippen LogP contribution is 2.40. The van der Waals surface area contributed by atoms with E-state index in [9.17, 15) is 14.4 Å². The third kappa shape index (κ3) is 6.08. The van der Waals surface area contributed by atoms with E-state index in [0.717, 1.165) is 32.5 Å². The second kappa shape index (κ2) is 13.9. The van der Waals surface area contributed by atoms with Crippen LogP contribution in [0.25, 0.3) is 43.6 Å². The quantitative estimate of drug-likeness (QED) is 0.0832. The van der Waals surface area contributed by atoms with Gasteiger partial charge in [0.25, 0.3) is 0 Å². The maximum atomic E-state index is 13.6. The number of carbonyl (C=O) groups excluding carboxylic acids is 3. The molecule has 4 atom stereocenters. The van der Waals surface area contributed by atoms with Crippen molar-refractivity contribution in [2.24, 2.45) is 0 Å². The van der Waals surface area contributed by atoms with Crippen LogP contribution in [0.1, 0.15) is 37.3 Å². The van der Waals surface area contributed by atoms with Crippen LogP contribution in [0.4, 0.5) is 0 Å². The van der Waals surface area contributed by atoms with Gasteiger partial charge < -0.3 is 18.9 Å². The number of hydrogen-bond acceptors (Lipinski definition) is 9. The predicted octanol–water partition coefficient (Wildman–Crippen LogP) is 8.05. The third-order valence-electron chi connectivity index (χ3n) is 9.75. The van der Waals surface area contributed by atoms with Gasteiger partial charge in [0, 0.05) is 5.56 Å². The summed E-state index contributed by atoms with van der Waals surface area (Å²) in [6.45, 7) is -0.313. The first kappa shape index (κ1) is 33.0. The fourth-order valence-electron chi connectivity index (χ4n) is 7.15. The fourth-order valence-corrected chi connectivity index (χ4v) is 7.15. The number of hydrogen-bond donors (Lipinski definition) is 0. The lowest BCUT2D eigenvalue weighted by molar-refractivity contribution is -0.0678. The molecular weight excluding hydrogens is 682 g/mol. The maximum absolute atomic E-state index is 13.6. The second-order valence-electron chi connectivity index (χ2n) is 13.1. The SMILES string of the molecule is O=C(OC[C@H]1O[C@@H](n2cc(-c3ccc4ccc5cccc6ccc3c4c56)nn2)[C@H](OC(=O)c2ccccc2)[C@@H]1OC(=O)c1ccccc1)c1ccccc1. The van der Waals surface area contributed by atoms with Crippen LogP contribution in [0.2, 0.25) is 0 Å². The van der Waals surface area contributed by atoms with Gasteiger partial charge in [0.2, 0.25) is 0 Å². The van der Waals surface area contributed by atoms with Gasteiger partial charge in [-0.25, -0.2) is 19.1 Å². The van der Waals surface area contributed by atoms with Crippen LogP contribution in [0.15, 0.2) is 152 Å². The number of carbonyl (C=O) groups is 3. The highest BCUT2D eigenvalue weighted by Gasteiger charge is 2.52. The molecule has 10 heteroatoms. The summed E-state index contributed by atoms with van der Waals surface area (Å²) in [5.41, 5.74) is 2.32. The van der Waals surface area contributed by atoms with Crippen molar-refractivity contribution < 1.29 is 33.3 Å². The Morgan fingerprint density at radius 1 is 0.574 bits per heavy atom. The Labute approximate surface area is 308 Å². The molecule has 10 nitrogen and oxygen atoms in total. The van der Waals surface area contributed by atoms with Crippen LogP contribution >= 0.6 is 0 Å². The molecule has 54 heavy (non-hydrogen) atoms. The monoisotopic (exact) mass is 713 g/mol. The van der Waals surface area contributed by atoms with Gasteiger partial charge in [-0.15, -0.1) is 5.10 Å². The minimum absolute atomic E-state index is 0.283. The van der Waals surface area contributed by atoms with Gasteiger partial charge in [0.05, 0.1) is 22.9 Å². The Morgan fingerprint density at radius 3 is 1.74 bits per heavy atom. The van der Waals surface area contributed by atoms with E-state index in [-0.39, 0.29) is 17.7 Å². The fraction of sp³-hybridized carbons (Fsp3) is 0.114. The van der Waals surface area contributed by atoms with Gasteiger partial charge in [0.15, 0.2) is 18.4 Å². The molecule has 2 heterocycles. The molecule has 1 saturated heterocycles. The van der Waals surface area contributed by atoms with Gasteiger partial charge in [-0.2, -0.15) is 0 Å². The van der Waals surface area contributed by atoms with Crippen molar-refractivity contribution in [1.29, 1.82) is 0 Å². The molecule has 0 radical (unpaired) electrons. The van der Waals surface area contributed by atoms with Crippen molar-refractivity contribution in [2.45, 2.75) is 24.5 Å². The molecule has 0 saturated carbocycles. The topological polar surface area (TPSA) is 119 Å². The molecular formula is C44H31N3O7. The first-order valence-corrected chi connectivity index (χ1v) is 17.5. The normalized spacial score (nSPS) is 18.2. The molecule has 8 aromatic rings. The van der Waals surface area contributed by atoms with Gasteiger partial charge in [-0.3, -0.25) is 0 Å². The molecule has 0 amide bonds. The first-order valence-electron chi connectivity index (χ1n) is 17.5. The highest BCUT2D eigenvalue weighted by molar-refractivity contribution is 6.25. The molecule has 0 spiro atoms. The summed E-state index contributed by atoms with van der Waals surface area (Å²) < 4.78 is 25.8. The number of ether oxygens (including phenoxy) is 4. The van der Waals surface area contributed by atoms with Crippen molar-refractivity contribution in [2.75, 3.05) is 6.61 Å². The standard InChI is InChI=1S/C44H31N3O7/c48-42(30-11-4-1-5-12-30)51-26-36-39(53-43(49)31-13-6-2-7-14-31)40(54-44(50)32-15-8-3-9-16-32)41(52-36)47-25-35(45-46-47)33-23-21-29-20-19-27-17-10-18-28-22-24-34(33)38(29)37(27)28/h1-25,36,39-41H,26H2/t36-,39-,40-,41-/m1/s1. The van der Waals surface area contributed by atoms with E-state index in [1.54, 1.807) is 97.2 Å². The van der Waals surface area contributed by atoms with Gasteiger partial charge in [-0.05, 0) is 68.7 Å². The Bertz CT molecular complexity index is 2610. The molecule has 1 aromatic heterocycles. The minimum atomic E-state index is -1.22. The van der Waals surface area contributed by atoms with Crippen molar-refractivity contribution in [3.63, 3.8) is 0 Å². The molecule has 0 bridgehead atoms. The lowest BCUT2D eigenvalue weighted by Crippen LogP contribution is -2.41. The number of aromatic nitrogens is 3. The van der Waals surface area contributed by atoms with Crippen LogP contribution in [-0.4, -0.2) is 57.8 Å². The van der Waals surface area contributed by atoms with E-state index in [1.807, 2.05) is 6.07 Å². The van der Waals surface area contributed by atoms with E-state index in [4.69, 9.17) is 18.9 Å². The molecule has 7 aromatic carbocycles. The summed E-state index contributed by atoms with van der Waals surface area (Å²) in [4.78, 5) is 40.2. The minimum Gasteiger partial charge on any atom is -0.459 e. The number of nitrogens with zero attached hydrogens (tertiary/aromatic N) is 3. The van der Waals surface area contributed by atoms with Crippen molar-refractivity contribution in [3.05, 3.63) is 168 Å². The predicted molar refractivity (Wildman–Crippen MR) is 201 cm³/mol. The average Bonchev–Trinajstić information content (AvgIpc) is 3.84. The average molecular weight is 714 g/mol. The summed E-state index contributed by atoms with van der Waals surface area (Å²) in [6, 6.07) is 44.2. The lowest BCUT2D eigenvalue weighted by atomic mass is 9.91. The van der Waals surface area contributed by atoms with E-state index in [2.05, 4.69) is 58.8 Å². The Morgan fingerprint density at radius 2 is 1.11 bits per heavy atom. The molecule has 0 aliphatic carbocycles. The molecule has 1 fully saturated rings. The van der Waals surface area contributed by atoms with Crippen molar-refractivity contribution in [3.8, 4) is 11.3 Å². The van der Waals surface area contributed by atoms with E-state index in [1.165, 1.54) is 10.1 Å². The number of benzene rings is 7. The zero-order valence-corrected chi connectivity index (χ0v) is 28.6. The van der Waals surface area contributed by atoms with Crippen LogP contribution in [0, 0.1) is 0 Å². The smallest absolute Gasteiger partial charge is 0.338 e. The number of esters is 3. The zero-order valence-electron chi connectivity index (χ0n) is 28.6. The van der Waals surface area contributed by atoms with Crippen LogP contribution in [0.5, 0.6) is 0 Å². The summed E-state index contributed by atoms with van der Waals surface area (Å²) >= 11 is 0. The van der Waals surface area contributed by atoms with Crippen LogP contribution < -0.4 is 0 Å². The Hall–Kier alpha value is -6.91. The Kier molecular flexibility index (Phi) is 8.49. The summed E-state index contributed by atoms with van der Waals surface area (Å²) in [5, 5.41) is 15.7. The maximum Gasteiger partial charge on any atom is 0.338 e. The summed E-state index contributed by atoms with van der Waals surface area (Å²) in [6.07, 6.45) is -2.88. The van der Waals surface area contributed by atoms with Gasteiger partial charge in [-0.1, -0.05) is 114 Å². The van der Waals surface area contributed by atoms with Crippen molar-refractivity contribution in [1.82, 2.24) is 15.0 Å². The van der Waals surface area contributed by atoms with E-state index >= 15 is 0 Å². The van der Waals surface area contributed by atoms with Crippen LogP contribution in [0.3, 0.4) is 0 Å². The second-order valence-corrected chi connectivity index (χ2v) is 13.1. The van der Waals surface area contributed by atoms with E-state index in [0.29, 0.717) is 11.3 Å². The van der Waals surface area contributed by atoms with Crippen molar-refractivity contribution >= 4 is 50.2 Å². The summed E-state index contributed by atoms with van der Waals surface area (Å²) in [7, 11) is 0. The first-order chi connectivity index (χ1) is 26.5. The Balaban J connectivity index is 1.10. The van der Waals surface area contributed by atoms with E-state index < -0.39 is 42.4 Å². The molecule has 9 rings (SSSR count). The third-order valence-corrected chi connectivity index (χ3v) is 9.75. The molecule has 1 aliphatic heterocycles. The molecule has 264 valence electrons. The number of rotatable bonds is 9. The molecule has 0 unspecified atom stereocenters. The van der Waals surface area contributed by atoms with Crippen LogP contribution in [-0.2, 0) is 18.9 Å². The lowest BCUT2D eigenvalue weighted by Gasteiger charge is -2.24. The van der Waals surface area contributed by atoms with Gasteiger partial charge in [0.1, 0.15) is 18.4 Å². The largest absolute Gasteiger partial charge is 0.459 e. The summed E-state index contributed by atoms with van der Waals surface area (Å²) in [5.74, 6) is -1.92. The van der Waals surface area contributed by atoms with Gasteiger partial charge >= 0.3 is 17.9 Å². The highest BCUT2D eigenvalue weighted by atomic mass is 16.7. The molecule has 0 N–H and O–H groups in total. The molecule has 1 aliphatic rings. The zero-order chi connectivity index (χ0) is 36.6.